The van der Waals surface area contributed by atoms with Crippen LogP contribution >= 0.6 is 0 Å². The predicted molar refractivity (Wildman–Crippen MR) is 84.5 cm³/mol. The molecule has 0 saturated carbocycles. The standard InChI is InChI=1S/C17H19FN2O4/c1-2-23-16(21)8-15(11-3-5-13(18)6-4-11)20-17(22)12-7-14(9-19)24-10-12/h3-7,10,15H,2,8-9,19H2,1H3,(H,20,22). The number of rotatable bonds is 7. The van der Waals surface area contributed by atoms with Gasteiger partial charge in [-0.3, -0.25) is 9.59 Å². The van der Waals surface area contributed by atoms with Crippen LogP contribution in [0.2, 0.25) is 0 Å². The summed E-state index contributed by atoms with van der Waals surface area (Å²) in [7, 11) is 0. The zero-order valence-corrected chi connectivity index (χ0v) is 13.3. The van der Waals surface area contributed by atoms with Gasteiger partial charge in [-0.05, 0) is 30.7 Å². The van der Waals surface area contributed by atoms with E-state index in [2.05, 4.69) is 5.32 Å². The number of ether oxygens (including phenoxy) is 1. The summed E-state index contributed by atoms with van der Waals surface area (Å²) in [5.74, 6) is -0.801. The maximum Gasteiger partial charge on any atom is 0.308 e. The Balaban J connectivity index is 2.16. The lowest BCUT2D eigenvalue weighted by Crippen LogP contribution is -2.30. The van der Waals surface area contributed by atoms with Gasteiger partial charge < -0.3 is 20.2 Å². The number of nitrogens with one attached hydrogen (secondary N) is 1. The SMILES string of the molecule is CCOC(=O)CC(NC(=O)c1coc(CN)c1)c1ccc(F)cc1. The summed E-state index contributed by atoms with van der Waals surface area (Å²) in [6, 6.07) is 6.45. The van der Waals surface area contributed by atoms with Gasteiger partial charge in [0.2, 0.25) is 0 Å². The normalized spacial score (nSPS) is 11.8. The van der Waals surface area contributed by atoms with Crippen LogP contribution in [-0.2, 0) is 16.1 Å². The second-order valence-electron chi connectivity index (χ2n) is 5.09. The molecule has 1 aromatic heterocycles. The lowest BCUT2D eigenvalue weighted by molar-refractivity contribution is -0.143. The van der Waals surface area contributed by atoms with Crippen molar-refractivity contribution in [3.63, 3.8) is 0 Å². The van der Waals surface area contributed by atoms with Gasteiger partial charge in [-0.2, -0.15) is 0 Å². The summed E-state index contributed by atoms with van der Waals surface area (Å²) in [4.78, 5) is 24.1. The number of halogens is 1. The maximum absolute atomic E-state index is 13.1. The van der Waals surface area contributed by atoms with Gasteiger partial charge in [0.05, 0.1) is 31.2 Å². The summed E-state index contributed by atoms with van der Waals surface area (Å²) in [6.07, 6.45) is 1.23. The van der Waals surface area contributed by atoms with Crippen LogP contribution in [-0.4, -0.2) is 18.5 Å². The van der Waals surface area contributed by atoms with Crippen molar-refractivity contribution in [1.82, 2.24) is 5.32 Å². The fraction of sp³-hybridized carbons (Fsp3) is 0.294. The van der Waals surface area contributed by atoms with Crippen molar-refractivity contribution in [3.8, 4) is 0 Å². The zero-order chi connectivity index (χ0) is 17.5. The van der Waals surface area contributed by atoms with Crippen LogP contribution in [0.15, 0.2) is 41.0 Å². The largest absolute Gasteiger partial charge is 0.467 e. The molecule has 0 spiro atoms. The van der Waals surface area contributed by atoms with E-state index in [1.807, 2.05) is 0 Å². The minimum Gasteiger partial charge on any atom is -0.467 e. The number of hydrogen-bond acceptors (Lipinski definition) is 5. The van der Waals surface area contributed by atoms with Crippen LogP contribution in [0.25, 0.3) is 0 Å². The first-order valence-electron chi connectivity index (χ1n) is 7.53. The van der Waals surface area contributed by atoms with Crippen LogP contribution in [0.5, 0.6) is 0 Å². The summed E-state index contributed by atoms with van der Waals surface area (Å²) < 4.78 is 23.2. The van der Waals surface area contributed by atoms with Crippen molar-refractivity contribution in [2.75, 3.05) is 6.61 Å². The maximum atomic E-state index is 13.1. The molecule has 1 heterocycles. The van der Waals surface area contributed by atoms with Crippen LogP contribution in [0.1, 0.15) is 41.1 Å². The van der Waals surface area contributed by atoms with Gasteiger partial charge in [0.25, 0.3) is 5.91 Å². The molecule has 3 N–H and O–H groups in total. The van der Waals surface area contributed by atoms with Crippen molar-refractivity contribution in [2.24, 2.45) is 5.73 Å². The quantitative estimate of drug-likeness (QED) is 0.758. The van der Waals surface area contributed by atoms with Crippen molar-refractivity contribution in [2.45, 2.75) is 25.9 Å². The van der Waals surface area contributed by atoms with Crippen LogP contribution in [0.4, 0.5) is 4.39 Å². The van der Waals surface area contributed by atoms with Gasteiger partial charge in [0.15, 0.2) is 0 Å². The van der Waals surface area contributed by atoms with Gasteiger partial charge in [0, 0.05) is 0 Å². The number of nitrogens with two attached hydrogens (primary N) is 1. The fourth-order valence-electron chi connectivity index (χ4n) is 2.18. The molecular weight excluding hydrogens is 315 g/mol. The molecule has 1 aromatic carbocycles. The second-order valence-corrected chi connectivity index (χ2v) is 5.09. The summed E-state index contributed by atoms with van der Waals surface area (Å²) >= 11 is 0. The Labute approximate surface area is 138 Å². The first-order chi connectivity index (χ1) is 11.5. The predicted octanol–water partition coefficient (Wildman–Crippen LogP) is 2.30. The monoisotopic (exact) mass is 334 g/mol. The third-order valence-electron chi connectivity index (χ3n) is 3.37. The summed E-state index contributed by atoms with van der Waals surface area (Å²) in [5.41, 5.74) is 6.34. The number of esters is 1. The molecule has 0 saturated heterocycles. The molecular formula is C17H19FN2O4. The van der Waals surface area contributed by atoms with E-state index >= 15 is 0 Å². The number of benzene rings is 1. The summed E-state index contributed by atoms with van der Waals surface area (Å²) in [5, 5.41) is 2.73. The topological polar surface area (TPSA) is 94.6 Å². The molecule has 1 amide bonds. The number of carbonyl (C=O) groups excluding carboxylic acids is 2. The smallest absolute Gasteiger partial charge is 0.308 e. The van der Waals surface area contributed by atoms with Gasteiger partial charge in [-0.1, -0.05) is 12.1 Å². The fourth-order valence-corrected chi connectivity index (χ4v) is 2.18. The van der Waals surface area contributed by atoms with Crippen molar-refractivity contribution < 1.29 is 23.1 Å². The Morgan fingerprint density at radius 1 is 1.33 bits per heavy atom. The molecule has 2 rings (SSSR count). The van der Waals surface area contributed by atoms with E-state index in [-0.39, 0.29) is 19.6 Å². The molecule has 2 aromatic rings. The number of hydrogen-bond donors (Lipinski definition) is 2. The molecule has 0 aliphatic rings. The highest BCUT2D eigenvalue weighted by atomic mass is 19.1. The molecule has 0 radical (unpaired) electrons. The Morgan fingerprint density at radius 3 is 2.62 bits per heavy atom. The molecule has 128 valence electrons. The Hall–Kier alpha value is -2.67. The molecule has 6 nitrogen and oxygen atoms in total. The lowest BCUT2D eigenvalue weighted by Gasteiger charge is -2.18. The van der Waals surface area contributed by atoms with Gasteiger partial charge >= 0.3 is 5.97 Å². The average Bonchev–Trinajstić information content (AvgIpc) is 3.04. The number of amides is 1. The van der Waals surface area contributed by atoms with Crippen LogP contribution in [0.3, 0.4) is 0 Å². The first kappa shape index (κ1) is 17.7. The molecule has 0 fully saturated rings. The van der Waals surface area contributed by atoms with E-state index in [1.54, 1.807) is 6.92 Å². The number of carbonyl (C=O) groups is 2. The van der Waals surface area contributed by atoms with Crippen LogP contribution in [0, 0.1) is 5.82 Å². The van der Waals surface area contributed by atoms with Gasteiger partial charge in [-0.25, -0.2) is 4.39 Å². The van der Waals surface area contributed by atoms with Crippen molar-refractivity contribution >= 4 is 11.9 Å². The highest BCUT2D eigenvalue weighted by Gasteiger charge is 2.21. The Bertz CT molecular complexity index is 697. The molecule has 0 bridgehead atoms. The second kappa shape index (κ2) is 8.26. The third kappa shape index (κ3) is 4.66. The van der Waals surface area contributed by atoms with E-state index in [4.69, 9.17) is 14.9 Å². The Morgan fingerprint density at radius 2 is 2.04 bits per heavy atom. The minimum absolute atomic E-state index is 0.0627. The number of furan rings is 1. The van der Waals surface area contributed by atoms with E-state index in [0.29, 0.717) is 16.9 Å². The first-order valence-corrected chi connectivity index (χ1v) is 7.53. The Kier molecular flexibility index (Phi) is 6.08. The molecule has 1 atom stereocenters. The lowest BCUT2D eigenvalue weighted by atomic mass is 10.0. The molecule has 0 aliphatic heterocycles. The van der Waals surface area contributed by atoms with Crippen LogP contribution < -0.4 is 11.1 Å². The van der Waals surface area contributed by atoms with E-state index in [9.17, 15) is 14.0 Å². The van der Waals surface area contributed by atoms with Gasteiger partial charge in [0.1, 0.15) is 17.8 Å². The summed E-state index contributed by atoms with van der Waals surface area (Å²) in [6.45, 7) is 2.12. The van der Waals surface area contributed by atoms with Crippen molar-refractivity contribution in [3.05, 3.63) is 59.3 Å². The van der Waals surface area contributed by atoms with E-state index in [1.165, 1.54) is 36.6 Å². The highest BCUT2D eigenvalue weighted by Crippen LogP contribution is 2.19. The minimum atomic E-state index is -0.645. The van der Waals surface area contributed by atoms with E-state index in [0.717, 1.165) is 0 Å². The molecule has 1 unspecified atom stereocenters. The zero-order valence-electron chi connectivity index (χ0n) is 13.3. The average molecular weight is 334 g/mol. The van der Waals surface area contributed by atoms with E-state index < -0.39 is 23.7 Å². The molecule has 24 heavy (non-hydrogen) atoms. The third-order valence-corrected chi connectivity index (χ3v) is 3.37. The molecule has 7 heteroatoms. The highest BCUT2D eigenvalue weighted by molar-refractivity contribution is 5.94. The molecule has 0 aliphatic carbocycles. The van der Waals surface area contributed by atoms with Gasteiger partial charge in [-0.15, -0.1) is 0 Å². The van der Waals surface area contributed by atoms with Crippen molar-refractivity contribution in [1.29, 1.82) is 0 Å².